The molecule has 0 saturated heterocycles. The number of carbonyl (C=O) groups excluding carboxylic acids is 1. The number of carboxylic acid groups (broad SMARTS) is 1. The van der Waals surface area contributed by atoms with Gasteiger partial charge in [0.2, 0.25) is 0 Å². The Morgan fingerprint density at radius 3 is 2.06 bits per heavy atom. The van der Waals surface area contributed by atoms with Crippen LogP contribution >= 0.6 is 0 Å². The van der Waals surface area contributed by atoms with Crippen LogP contribution in [0.25, 0.3) is 11.1 Å². The fraction of sp³-hybridized carbons (Fsp3) is 0.200. The van der Waals surface area contributed by atoms with E-state index in [9.17, 15) is 23.5 Å². The molecule has 0 spiro atoms. The van der Waals surface area contributed by atoms with Crippen molar-refractivity contribution in [2.24, 2.45) is 0 Å². The van der Waals surface area contributed by atoms with Crippen molar-refractivity contribution >= 4 is 12.1 Å². The lowest BCUT2D eigenvalue weighted by Crippen LogP contribution is -2.41. The highest BCUT2D eigenvalue weighted by atomic mass is 19.1. The van der Waals surface area contributed by atoms with Crippen LogP contribution in [0.1, 0.15) is 29.0 Å². The zero-order chi connectivity index (χ0) is 22.7. The number of hydrogen-bond acceptors (Lipinski definition) is 3. The monoisotopic (exact) mass is 437 g/mol. The normalized spacial score (nSPS) is 13.2. The van der Waals surface area contributed by atoms with Crippen molar-refractivity contribution in [2.45, 2.75) is 24.8 Å². The molecule has 3 aromatic rings. The van der Waals surface area contributed by atoms with Gasteiger partial charge in [-0.15, -0.1) is 0 Å². The SMILES string of the molecule is O=C(N[C@H](CCc1cc(F)cc(F)c1)C(=O)O)OCC1c2ccccc2-c2ccccc21. The summed E-state index contributed by atoms with van der Waals surface area (Å²) >= 11 is 0. The predicted molar refractivity (Wildman–Crippen MR) is 114 cm³/mol. The molecule has 1 amide bonds. The smallest absolute Gasteiger partial charge is 0.407 e. The number of rotatable bonds is 7. The van der Waals surface area contributed by atoms with E-state index in [2.05, 4.69) is 5.32 Å². The number of hydrogen-bond donors (Lipinski definition) is 2. The Bertz CT molecular complexity index is 1100. The lowest BCUT2D eigenvalue weighted by Gasteiger charge is -2.17. The maximum Gasteiger partial charge on any atom is 0.407 e. The van der Waals surface area contributed by atoms with E-state index in [0.29, 0.717) is 5.56 Å². The van der Waals surface area contributed by atoms with Gasteiger partial charge in [0.1, 0.15) is 24.3 Å². The van der Waals surface area contributed by atoms with Crippen LogP contribution in [0.4, 0.5) is 13.6 Å². The molecule has 0 saturated carbocycles. The minimum atomic E-state index is -1.25. The molecule has 164 valence electrons. The summed E-state index contributed by atoms with van der Waals surface area (Å²) in [5.41, 5.74) is 4.57. The van der Waals surface area contributed by atoms with Gasteiger partial charge in [-0.2, -0.15) is 0 Å². The molecular weight excluding hydrogens is 416 g/mol. The number of amides is 1. The van der Waals surface area contributed by atoms with Crippen molar-refractivity contribution in [3.63, 3.8) is 0 Å². The molecule has 1 aliphatic rings. The van der Waals surface area contributed by atoms with Crippen LogP contribution in [0.2, 0.25) is 0 Å². The molecule has 2 N–H and O–H groups in total. The van der Waals surface area contributed by atoms with Crippen LogP contribution in [0.15, 0.2) is 66.7 Å². The van der Waals surface area contributed by atoms with Crippen LogP contribution in [0.3, 0.4) is 0 Å². The van der Waals surface area contributed by atoms with Crippen molar-refractivity contribution < 1.29 is 28.2 Å². The van der Waals surface area contributed by atoms with E-state index in [1.807, 2.05) is 48.5 Å². The average Bonchev–Trinajstić information content (AvgIpc) is 3.08. The third-order valence-electron chi connectivity index (χ3n) is 5.58. The van der Waals surface area contributed by atoms with Crippen molar-refractivity contribution in [3.8, 4) is 11.1 Å². The van der Waals surface area contributed by atoms with Gasteiger partial charge in [0, 0.05) is 12.0 Å². The second kappa shape index (κ2) is 9.18. The van der Waals surface area contributed by atoms with Crippen LogP contribution in [0.5, 0.6) is 0 Å². The summed E-state index contributed by atoms with van der Waals surface area (Å²) in [7, 11) is 0. The molecule has 32 heavy (non-hydrogen) atoms. The summed E-state index contributed by atoms with van der Waals surface area (Å²) < 4.78 is 32.0. The number of nitrogens with one attached hydrogen (secondary N) is 1. The van der Waals surface area contributed by atoms with Gasteiger partial charge < -0.3 is 15.2 Å². The van der Waals surface area contributed by atoms with Gasteiger partial charge in [-0.25, -0.2) is 18.4 Å². The Morgan fingerprint density at radius 2 is 1.50 bits per heavy atom. The number of carbonyl (C=O) groups is 2. The summed E-state index contributed by atoms with van der Waals surface area (Å²) in [4.78, 5) is 23.9. The quantitative estimate of drug-likeness (QED) is 0.552. The first-order valence-corrected chi connectivity index (χ1v) is 10.2. The molecule has 1 atom stereocenters. The topological polar surface area (TPSA) is 75.6 Å². The van der Waals surface area contributed by atoms with E-state index in [0.717, 1.165) is 40.5 Å². The number of ether oxygens (including phenoxy) is 1. The maximum absolute atomic E-state index is 13.3. The molecule has 5 nitrogen and oxygen atoms in total. The highest BCUT2D eigenvalue weighted by Gasteiger charge is 2.29. The third kappa shape index (κ3) is 4.61. The van der Waals surface area contributed by atoms with Crippen LogP contribution in [0, 0.1) is 11.6 Å². The summed E-state index contributed by atoms with van der Waals surface area (Å²) in [6.45, 7) is 0.0569. The molecule has 0 aliphatic heterocycles. The zero-order valence-corrected chi connectivity index (χ0v) is 17.1. The fourth-order valence-electron chi connectivity index (χ4n) is 4.11. The van der Waals surface area contributed by atoms with Gasteiger partial charge in [0.25, 0.3) is 0 Å². The molecule has 0 radical (unpaired) electrons. The van der Waals surface area contributed by atoms with Crippen molar-refractivity contribution in [2.75, 3.05) is 6.61 Å². The molecule has 0 aromatic heterocycles. The van der Waals surface area contributed by atoms with E-state index in [-0.39, 0.29) is 25.4 Å². The van der Waals surface area contributed by atoms with Gasteiger partial charge in [0.15, 0.2) is 0 Å². The first-order valence-electron chi connectivity index (χ1n) is 10.2. The number of halogens is 2. The minimum Gasteiger partial charge on any atom is -0.480 e. The second-order valence-electron chi connectivity index (χ2n) is 7.68. The largest absolute Gasteiger partial charge is 0.480 e. The van der Waals surface area contributed by atoms with E-state index in [4.69, 9.17) is 4.74 Å². The van der Waals surface area contributed by atoms with Gasteiger partial charge in [0.05, 0.1) is 0 Å². The summed E-state index contributed by atoms with van der Waals surface area (Å²) in [6, 6.07) is 17.5. The maximum atomic E-state index is 13.3. The molecule has 0 fully saturated rings. The van der Waals surface area contributed by atoms with Crippen LogP contribution in [-0.4, -0.2) is 29.8 Å². The standard InChI is InChI=1S/C25H21F2NO4/c26-16-11-15(12-17(27)13-16)9-10-23(24(29)30)28-25(31)32-14-22-20-7-3-1-5-18(20)19-6-2-4-8-21(19)22/h1-8,11-13,22-23H,9-10,14H2,(H,28,31)(H,29,30)/t23-/m1/s1. The molecule has 1 aliphatic carbocycles. The predicted octanol–water partition coefficient (Wildman–Crippen LogP) is 4.89. The zero-order valence-electron chi connectivity index (χ0n) is 17.1. The van der Waals surface area contributed by atoms with Gasteiger partial charge in [-0.3, -0.25) is 0 Å². The third-order valence-corrected chi connectivity index (χ3v) is 5.58. The van der Waals surface area contributed by atoms with Crippen LogP contribution in [-0.2, 0) is 16.0 Å². The molecule has 7 heteroatoms. The highest BCUT2D eigenvalue weighted by molar-refractivity contribution is 5.81. The number of carboxylic acids is 1. The van der Waals surface area contributed by atoms with Gasteiger partial charge >= 0.3 is 12.1 Å². The van der Waals surface area contributed by atoms with E-state index >= 15 is 0 Å². The molecule has 3 aromatic carbocycles. The Hall–Kier alpha value is -3.74. The highest BCUT2D eigenvalue weighted by Crippen LogP contribution is 2.44. The average molecular weight is 437 g/mol. The first kappa shape index (κ1) is 21.5. The number of fused-ring (bicyclic) bond motifs is 3. The summed E-state index contributed by atoms with van der Waals surface area (Å²) in [5, 5.41) is 11.8. The molecule has 4 rings (SSSR count). The van der Waals surface area contributed by atoms with Crippen molar-refractivity contribution in [1.29, 1.82) is 0 Å². The Labute approximate surface area is 183 Å². The van der Waals surface area contributed by atoms with Gasteiger partial charge in [-0.1, -0.05) is 48.5 Å². The lowest BCUT2D eigenvalue weighted by molar-refractivity contribution is -0.139. The molecule has 0 heterocycles. The van der Waals surface area contributed by atoms with Gasteiger partial charge in [-0.05, 0) is 52.8 Å². The Morgan fingerprint density at radius 1 is 0.938 bits per heavy atom. The van der Waals surface area contributed by atoms with E-state index < -0.39 is 29.7 Å². The Kier molecular flexibility index (Phi) is 6.16. The van der Waals surface area contributed by atoms with Crippen molar-refractivity contribution in [1.82, 2.24) is 5.32 Å². The first-order chi connectivity index (χ1) is 15.4. The van der Waals surface area contributed by atoms with Crippen molar-refractivity contribution in [3.05, 3.63) is 95.1 Å². The second-order valence-corrected chi connectivity index (χ2v) is 7.68. The lowest BCUT2D eigenvalue weighted by atomic mass is 9.98. The number of aryl methyl sites for hydroxylation is 1. The summed E-state index contributed by atoms with van der Waals surface area (Å²) in [5.74, 6) is -2.88. The number of alkyl carbamates (subject to hydrolysis) is 1. The molecule has 0 bridgehead atoms. The molecule has 0 unspecified atom stereocenters. The molecular formula is C25H21F2NO4. The van der Waals surface area contributed by atoms with Crippen LogP contribution < -0.4 is 5.32 Å². The Balaban J connectivity index is 1.38. The van der Waals surface area contributed by atoms with E-state index in [1.165, 1.54) is 0 Å². The summed E-state index contributed by atoms with van der Waals surface area (Å²) in [6.07, 6.45) is -0.817. The fourth-order valence-corrected chi connectivity index (χ4v) is 4.11. The number of benzene rings is 3. The minimum absolute atomic E-state index is 0.0393. The number of aliphatic carboxylic acids is 1. The van der Waals surface area contributed by atoms with E-state index in [1.54, 1.807) is 0 Å².